The molecule has 2 aromatic carbocycles. The lowest BCUT2D eigenvalue weighted by Crippen LogP contribution is -2.32. The van der Waals surface area contributed by atoms with E-state index in [2.05, 4.69) is 5.32 Å². The normalized spacial score (nSPS) is 15.2. The number of benzene rings is 2. The number of nitrogens with zero attached hydrogens (tertiary/aromatic N) is 1. The van der Waals surface area contributed by atoms with E-state index in [0.29, 0.717) is 12.1 Å². The van der Waals surface area contributed by atoms with Crippen molar-refractivity contribution in [2.75, 3.05) is 12.3 Å². The van der Waals surface area contributed by atoms with E-state index in [1.54, 1.807) is 0 Å². The third-order valence-corrected chi connectivity index (χ3v) is 4.47. The molecule has 10 N–H and O–H groups in total. The number of nitrogens with one attached hydrogen (secondary N) is 1. The second-order valence-electron chi connectivity index (χ2n) is 7.60. The van der Waals surface area contributed by atoms with Gasteiger partial charge in [-0.2, -0.15) is 0 Å². The third kappa shape index (κ3) is 15.0. The zero-order valence-corrected chi connectivity index (χ0v) is 19.8. The number of hydrogen-bond donors (Lipinski definition) is 7. The number of carboxylic acids is 3. The van der Waals surface area contributed by atoms with Crippen LogP contribution in [0.4, 0.5) is 11.4 Å². The first-order chi connectivity index (χ1) is 16.8. The van der Waals surface area contributed by atoms with Crippen molar-refractivity contribution in [3.05, 3.63) is 70.3 Å². The number of non-ortho nitro benzene ring substituents is 1. The van der Waals surface area contributed by atoms with Gasteiger partial charge in [0.1, 0.15) is 18.1 Å². The van der Waals surface area contributed by atoms with E-state index in [4.69, 9.17) is 32.5 Å². The van der Waals surface area contributed by atoms with Gasteiger partial charge in [-0.25, -0.2) is 0 Å². The molecule has 1 fully saturated rings. The zero-order chi connectivity index (χ0) is 27.7. The first-order valence-corrected chi connectivity index (χ1v) is 10.8. The summed E-state index contributed by atoms with van der Waals surface area (Å²) in [7, 11) is 0. The monoisotopic (exact) mass is 507 g/mol. The molecule has 1 heterocycles. The van der Waals surface area contributed by atoms with Gasteiger partial charge in [0.25, 0.3) is 5.69 Å². The summed E-state index contributed by atoms with van der Waals surface area (Å²) in [5.74, 6) is -2.64. The molecule has 0 aliphatic carbocycles. The van der Waals surface area contributed by atoms with E-state index in [9.17, 15) is 24.5 Å². The molecule has 1 saturated heterocycles. The van der Waals surface area contributed by atoms with E-state index in [1.165, 1.54) is 31.2 Å². The smallest absolute Gasteiger partial charge is 0.320 e. The highest BCUT2D eigenvalue weighted by molar-refractivity contribution is 5.74. The quantitative estimate of drug-likeness (QED) is 0.165. The van der Waals surface area contributed by atoms with Crippen LogP contribution in [0, 0.1) is 10.1 Å². The highest BCUT2D eigenvalue weighted by atomic mass is 16.6. The van der Waals surface area contributed by atoms with Crippen LogP contribution >= 0.6 is 0 Å². The summed E-state index contributed by atoms with van der Waals surface area (Å²) in [4.78, 5) is 39.7. The molecule has 0 amide bonds. The molecule has 0 spiro atoms. The van der Waals surface area contributed by atoms with Crippen LogP contribution in [0.25, 0.3) is 0 Å². The number of carboxylic acid groups (broad SMARTS) is 3. The Morgan fingerprint density at radius 3 is 1.89 bits per heavy atom. The van der Waals surface area contributed by atoms with Crippen LogP contribution in [0.5, 0.6) is 0 Å². The second-order valence-corrected chi connectivity index (χ2v) is 7.60. The van der Waals surface area contributed by atoms with Crippen LogP contribution in [-0.4, -0.2) is 62.8 Å². The Balaban J connectivity index is 0.000000468. The molecular weight excluding hydrogens is 474 g/mol. The number of carbonyl (C=O) groups is 3. The minimum absolute atomic E-state index is 0.0641. The zero-order valence-electron chi connectivity index (χ0n) is 19.8. The van der Waals surface area contributed by atoms with Crippen LogP contribution in [0.15, 0.2) is 54.6 Å². The van der Waals surface area contributed by atoms with Crippen molar-refractivity contribution in [3.8, 4) is 0 Å². The summed E-state index contributed by atoms with van der Waals surface area (Å²) < 4.78 is 0. The SMILES string of the molecule is C[C@H](N)C(=O)O.N[C@@H](Cc1ccccc1)C(=O)O.Nc1ccc([N+](=O)[O-])cc1.O=C(O)[C@@H]1CCCN1. The Morgan fingerprint density at radius 1 is 1.03 bits per heavy atom. The maximum Gasteiger partial charge on any atom is 0.320 e. The fourth-order valence-corrected chi connectivity index (χ4v) is 2.45. The molecule has 3 atom stereocenters. The summed E-state index contributed by atoms with van der Waals surface area (Å²) in [6.45, 7) is 2.28. The van der Waals surface area contributed by atoms with Gasteiger partial charge >= 0.3 is 17.9 Å². The molecule has 0 radical (unpaired) electrons. The predicted molar refractivity (Wildman–Crippen MR) is 133 cm³/mol. The van der Waals surface area contributed by atoms with Gasteiger partial charge in [-0.05, 0) is 50.4 Å². The van der Waals surface area contributed by atoms with Crippen molar-refractivity contribution in [2.24, 2.45) is 11.5 Å². The third-order valence-electron chi connectivity index (χ3n) is 4.47. The lowest BCUT2D eigenvalue weighted by molar-refractivity contribution is -0.384. The summed E-state index contributed by atoms with van der Waals surface area (Å²) in [5.41, 5.74) is 17.0. The van der Waals surface area contributed by atoms with Crippen LogP contribution < -0.4 is 22.5 Å². The van der Waals surface area contributed by atoms with E-state index in [0.717, 1.165) is 24.9 Å². The Labute approximate surface area is 208 Å². The van der Waals surface area contributed by atoms with E-state index < -0.39 is 34.9 Å². The molecule has 2 aromatic rings. The first kappa shape index (κ1) is 31.9. The second kappa shape index (κ2) is 17.4. The Morgan fingerprint density at radius 2 is 1.56 bits per heavy atom. The average molecular weight is 508 g/mol. The maximum absolute atomic E-state index is 10.4. The van der Waals surface area contributed by atoms with Crippen molar-refractivity contribution in [1.29, 1.82) is 0 Å². The summed E-state index contributed by atoms with van der Waals surface area (Å²) in [6.07, 6.45) is 2.17. The summed E-state index contributed by atoms with van der Waals surface area (Å²) >= 11 is 0. The summed E-state index contributed by atoms with van der Waals surface area (Å²) in [6, 6.07) is 13.3. The number of nitrogens with two attached hydrogens (primary N) is 3. The topological polar surface area (TPSA) is 245 Å². The molecule has 13 nitrogen and oxygen atoms in total. The fraction of sp³-hybridized carbons (Fsp3) is 0.348. The van der Waals surface area contributed by atoms with E-state index in [-0.39, 0.29) is 11.7 Å². The number of aliphatic carboxylic acids is 3. The van der Waals surface area contributed by atoms with Crippen molar-refractivity contribution in [2.45, 2.75) is 44.3 Å². The lowest BCUT2D eigenvalue weighted by Gasteiger charge is -2.04. The van der Waals surface area contributed by atoms with Crippen LogP contribution in [-0.2, 0) is 20.8 Å². The molecular formula is C23H33N5O8. The van der Waals surface area contributed by atoms with Gasteiger partial charge < -0.3 is 37.8 Å². The molecule has 36 heavy (non-hydrogen) atoms. The molecule has 0 unspecified atom stereocenters. The van der Waals surface area contributed by atoms with Crippen LogP contribution in [0.2, 0.25) is 0 Å². The molecule has 1 aliphatic heterocycles. The van der Waals surface area contributed by atoms with Crippen molar-refractivity contribution in [1.82, 2.24) is 5.32 Å². The van der Waals surface area contributed by atoms with Gasteiger partial charge in [0.15, 0.2) is 0 Å². The number of nitro benzene ring substituents is 1. The van der Waals surface area contributed by atoms with Gasteiger partial charge in [0.05, 0.1) is 4.92 Å². The first-order valence-electron chi connectivity index (χ1n) is 10.8. The molecule has 198 valence electrons. The lowest BCUT2D eigenvalue weighted by atomic mass is 10.1. The Bertz CT molecular complexity index is 949. The van der Waals surface area contributed by atoms with E-state index in [1.807, 2.05) is 30.3 Å². The number of hydrogen-bond acceptors (Lipinski definition) is 9. The predicted octanol–water partition coefficient (Wildman–Crippen LogP) is 1.06. The highest BCUT2D eigenvalue weighted by Gasteiger charge is 2.20. The van der Waals surface area contributed by atoms with Gasteiger partial charge in [-0.3, -0.25) is 24.5 Å². The minimum atomic E-state index is -0.963. The van der Waals surface area contributed by atoms with Crippen molar-refractivity contribution < 1.29 is 34.6 Å². The molecule has 3 rings (SSSR count). The molecule has 0 aromatic heterocycles. The van der Waals surface area contributed by atoms with Crippen molar-refractivity contribution in [3.63, 3.8) is 0 Å². The van der Waals surface area contributed by atoms with Gasteiger partial charge in [0, 0.05) is 17.8 Å². The van der Waals surface area contributed by atoms with E-state index >= 15 is 0 Å². The Kier molecular flexibility index (Phi) is 15.4. The largest absolute Gasteiger partial charge is 0.480 e. The highest BCUT2D eigenvalue weighted by Crippen LogP contribution is 2.12. The molecule has 0 bridgehead atoms. The number of nitro groups is 1. The van der Waals surface area contributed by atoms with Gasteiger partial charge in [-0.1, -0.05) is 30.3 Å². The molecule has 1 aliphatic rings. The van der Waals surface area contributed by atoms with Crippen LogP contribution in [0.1, 0.15) is 25.3 Å². The minimum Gasteiger partial charge on any atom is -0.480 e. The van der Waals surface area contributed by atoms with Crippen molar-refractivity contribution >= 4 is 29.3 Å². The standard InChI is InChI=1S/C9H11NO2.C6H6N2O2.C5H9NO2.C3H7NO2/c10-8(9(11)12)6-7-4-2-1-3-5-7;7-5-1-3-6(4-2-5)8(9)10;7-5(8)4-2-1-3-6-4;1-2(4)3(5)6/h1-5,8H,6,10H2,(H,11,12);1-4H,7H2;4,6H,1-3H2,(H,7,8);2H,4H2,1H3,(H,5,6)/t8-;;4-;2-/m0.00/s1. The maximum atomic E-state index is 10.4. The van der Waals surface area contributed by atoms with Gasteiger partial charge in [0.2, 0.25) is 0 Å². The average Bonchev–Trinajstić information content (AvgIpc) is 3.37. The molecule has 13 heteroatoms. The number of rotatable bonds is 6. The number of nitrogen functional groups attached to an aromatic ring is 1. The summed E-state index contributed by atoms with van der Waals surface area (Å²) in [5, 5.41) is 37.7. The number of anilines is 1. The van der Waals surface area contributed by atoms with Crippen LogP contribution in [0.3, 0.4) is 0 Å². The van der Waals surface area contributed by atoms with Gasteiger partial charge in [-0.15, -0.1) is 0 Å². The fourth-order valence-electron chi connectivity index (χ4n) is 2.45. The molecule has 0 saturated carbocycles. The Hall–Kier alpha value is -4.07.